The molecule has 2 rings (SSSR count). The third-order valence-electron chi connectivity index (χ3n) is 3.84. The molecule has 1 saturated heterocycles. The van der Waals surface area contributed by atoms with Crippen LogP contribution >= 0.6 is 0 Å². The molecule has 0 spiro atoms. The molecule has 5 heteroatoms. The van der Waals surface area contributed by atoms with Gasteiger partial charge in [-0.3, -0.25) is 9.69 Å². The van der Waals surface area contributed by atoms with E-state index in [1.807, 2.05) is 35.2 Å². The topological polar surface area (TPSA) is 73.4 Å². The van der Waals surface area contributed by atoms with Crippen molar-refractivity contribution in [3.8, 4) is 6.07 Å². The number of carbonyl (C=O) groups excluding carboxylic acids is 1. The lowest BCUT2D eigenvalue weighted by Crippen LogP contribution is -2.53. The summed E-state index contributed by atoms with van der Waals surface area (Å²) in [5, 5.41) is 8.59. The lowest BCUT2D eigenvalue weighted by atomic mass is 10.1. The van der Waals surface area contributed by atoms with Crippen molar-refractivity contribution in [2.45, 2.75) is 18.9 Å². The van der Waals surface area contributed by atoms with E-state index in [1.54, 1.807) is 0 Å². The summed E-state index contributed by atoms with van der Waals surface area (Å²) in [5.74, 6) is 0.0267. The van der Waals surface area contributed by atoms with Crippen LogP contribution in [0.5, 0.6) is 0 Å². The summed E-state index contributed by atoms with van der Waals surface area (Å²) in [6.45, 7) is 3.84. The third kappa shape index (κ3) is 4.55. The molecule has 5 nitrogen and oxygen atoms in total. The maximum atomic E-state index is 12.4. The summed E-state index contributed by atoms with van der Waals surface area (Å²) >= 11 is 0. The molecule has 1 aromatic carbocycles. The van der Waals surface area contributed by atoms with Crippen LogP contribution in [0.3, 0.4) is 0 Å². The number of hydrogen-bond acceptors (Lipinski definition) is 4. The molecule has 1 amide bonds. The van der Waals surface area contributed by atoms with E-state index in [2.05, 4.69) is 11.0 Å². The molecule has 1 aliphatic rings. The molecule has 2 N–H and O–H groups in total. The van der Waals surface area contributed by atoms with Gasteiger partial charge in [-0.1, -0.05) is 30.3 Å². The summed E-state index contributed by atoms with van der Waals surface area (Å²) in [6, 6.07) is 11.5. The molecule has 1 aromatic rings. The molecule has 1 atom stereocenters. The number of benzene rings is 1. The Balaban J connectivity index is 1.80. The van der Waals surface area contributed by atoms with Gasteiger partial charge in [0.1, 0.15) is 0 Å². The molecule has 21 heavy (non-hydrogen) atoms. The van der Waals surface area contributed by atoms with Gasteiger partial charge in [-0.15, -0.1) is 0 Å². The molecule has 1 aliphatic heterocycles. The van der Waals surface area contributed by atoms with Crippen LogP contribution in [0, 0.1) is 11.3 Å². The highest BCUT2D eigenvalue weighted by atomic mass is 16.2. The molecule has 0 radical (unpaired) electrons. The standard InChI is InChI=1S/C16H22N4O/c17-7-4-8-19-9-11-20(12-10-19)16(21)15(18)13-14-5-2-1-3-6-14/h1-3,5-6,15H,4,8-13,18H2/t15-/m0/s1. The van der Waals surface area contributed by atoms with Crippen molar-refractivity contribution in [1.82, 2.24) is 9.80 Å². The number of nitrogens with two attached hydrogens (primary N) is 1. The largest absolute Gasteiger partial charge is 0.339 e. The molecular weight excluding hydrogens is 264 g/mol. The van der Waals surface area contributed by atoms with E-state index in [9.17, 15) is 4.79 Å². The number of piperazine rings is 1. The Bertz CT molecular complexity index is 489. The smallest absolute Gasteiger partial charge is 0.239 e. The first kappa shape index (κ1) is 15.5. The van der Waals surface area contributed by atoms with Gasteiger partial charge < -0.3 is 10.6 Å². The minimum atomic E-state index is -0.474. The van der Waals surface area contributed by atoms with Crippen LogP contribution in [0.15, 0.2) is 30.3 Å². The highest BCUT2D eigenvalue weighted by Crippen LogP contribution is 2.07. The SMILES string of the molecule is N#CCCN1CCN(C(=O)[C@@H](N)Cc2ccccc2)CC1. The van der Waals surface area contributed by atoms with Gasteiger partial charge in [0.05, 0.1) is 12.1 Å². The number of nitrogens with zero attached hydrogens (tertiary/aromatic N) is 3. The van der Waals surface area contributed by atoms with Crippen molar-refractivity contribution in [1.29, 1.82) is 5.26 Å². The van der Waals surface area contributed by atoms with Crippen molar-refractivity contribution in [3.63, 3.8) is 0 Å². The van der Waals surface area contributed by atoms with Crippen LogP contribution in [0.1, 0.15) is 12.0 Å². The third-order valence-corrected chi connectivity index (χ3v) is 3.84. The Morgan fingerprint density at radius 2 is 1.90 bits per heavy atom. The summed E-state index contributed by atoms with van der Waals surface area (Å²) < 4.78 is 0. The Morgan fingerprint density at radius 1 is 1.24 bits per heavy atom. The quantitative estimate of drug-likeness (QED) is 0.861. The fourth-order valence-corrected chi connectivity index (χ4v) is 2.59. The average Bonchev–Trinajstić information content (AvgIpc) is 2.53. The highest BCUT2D eigenvalue weighted by molar-refractivity contribution is 5.82. The lowest BCUT2D eigenvalue weighted by Gasteiger charge is -2.35. The minimum Gasteiger partial charge on any atom is -0.339 e. The van der Waals surface area contributed by atoms with Crippen LogP contribution in [0.2, 0.25) is 0 Å². The fourth-order valence-electron chi connectivity index (χ4n) is 2.59. The number of nitriles is 1. The average molecular weight is 286 g/mol. The van der Waals surface area contributed by atoms with E-state index in [0.29, 0.717) is 25.9 Å². The maximum absolute atomic E-state index is 12.4. The van der Waals surface area contributed by atoms with E-state index < -0.39 is 6.04 Å². The van der Waals surface area contributed by atoms with Gasteiger partial charge in [0.2, 0.25) is 5.91 Å². The molecular formula is C16H22N4O. The van der Waals surface area contributed by atoms with E-state index in [0.717, 1.165) is 25.2 Å². The van der Waals surface area contributed by atoms with Crippen molar-refractivity contribution < 1.29 is 4.79 Å². The number of amides is 1. The Kier molecular flexibility index (Phi) is 5.73. The Morgan fingerprint density at radius 3 is 2.52 bits per heavy atom. The molecule has 0 bridgehead atoms. The first-order valence-corrected chi connectivity index (χ1v) is 7.38. The van der Waals surface area contributed by atoms with E-state index in [-0.39, 0.29) is 5.91 Å². The van der Waals surface area contributed by atoms with E-state index >= 15 is 0 Å². The van der Waals surface area contributed by atoms with Crippen molar-refractivity contribution in [3.05, 3.63) is 35.9 Å². The second kappa shape index (κ2) is 7.77. The van der Waals surface area contributed by atoms with E-state index in [1.165, 1.54) is 0 Å². The summed E-state index contributed by atoms with van der Waals surface area (Å²) in [5.41, 5.74) is 7.14. The number of rotatable bonds is 5. The zero-order chi connectivity index (χ0) is 15.1. The second-order valence-corrected chi connectivity index (χ2v) is 5.37. The summed E-state index contributed by atoms with van der Waals surface area (Å²) in [4.78, 5) is 16.4. The molecule has 1 fully saturated rings. The van der Waals surface area contributed by atoms with Crippen LogP contribution in [-0.4, -0.2) is 54.5 Å². The van der Waals surface area contributed by atoms with E-state index in [4.69, 9.17) is 11.0 Å². The van der Waals surface area contributed by atoms with Crippen molar-refractivity contribution in [2.75, 3.05) is 32.7 Å². The van der Waals surface area contributed by atoms with Gasteiger partial charge in [-0.05, 0) is 12.0 Å². The lowest BCUT2D eigenvalue weighted by molar-refractivity contribution is -0.134. The molecule has 1 heterocycles. The molecule has 112 valence electrons. The molecule has 0 aromatic heterocycles. The molecule has 0 saturated carbocycles. The normalized spacial score (nSPS) is 17.2. The highest BCUT2D eigenvalue weighted by Gasteiger charge is 2.25. The van der Waals surface area contributed by atoms with Gasteiger partial charge in [0, 0.05) is 39.1 Å². The Labute approximate surface area is 125 Å². The zero-order valence-corrected chi connectivity index (χ0v) is 12.2. The predicted molar refractivity (Wildman–Crippen MR) is 81.4 cm³/mol. The van der Waals surface area contributed by atoms with Gasteiger partial charge in [0.15, 0.2) is 0 Å². The van der Waals surface area contributed by atoms with Crippen LogP contribution in [0.25, 0.3) is 0 Å². The molecule has 0 aliphatic carbocycles. The first-order valence-electron chi connectivity index (χ1n) is 7.38. The molecule has 0 unspecified atom stereocenters. The predicted octanol–water partition coefficient (Wildman–Crippen LogP) is 0.614. The van der Waals surface area contributed by atoms with Gasteiger partial charge in [0.25, 0.3) is 0 Å². The summed E-state index contributed by atoms with van der Waals surface area (Å²) in [7, 11) is 0. The van der Waals surface area contributed by atoms with Gasteiger partial charge in [-0.25, -0.2) is 0 Å². The van der Waals surface area contributed by atoms with Crippen molar-refractivity contribution in [2.24, 2.45) is 5.73 Å². The van der Waals surface area contributed by atoms with Crippen LogP contribution in [0.4, 0.5) is 0 Å². The number of carbonyl (C=O) groups is 1. The zero-order valence-electron chi connectivity index (χ0n) is 12.2. The monoisotopic (exact) mass is 286 g/mol. The van der Waals surface area contributed by atoms with Crippen LogP contribution in [-0.2, 0) is 11.2 Å². The van der Waals surface area contributed by atoms with Gasteiger partial charge in [-0.2, -0.15) is 5.26 Å². The van der Waals surface area contributed by atoms with Crippen molar-refractivity contribution >= 4 is 5.91 Å². The van der Waals surface area contributed by atoms with Gasteiger partial charge >= 0.3 is 0 Å². The fraction of sp³-hybridized carbons (Fsp3) is 0.500. The maximum Gasteiger partial charge on any atom is 0.239 e. The Hall–Kier alpha value is -1.90. The minimum absolute atomic E-state index is 0.0267. The second-order valence-electron chi connectivity index (χ2n) is 5.37. The summed E-state index contributed by atoms with van der Waals surface area (Å²) in [6.07, 6.45) is 1.12. The van der Waals surface area contributed by atoms with Crippen LogP contribution < -0.4 is 5.73 Å². The number of hydrogen-bond donors (Lipinski definition) is 1. The first-order chi connectivity index (χ1) is 10.2.